The number of imidazole rings is 1. The number of pyridine rings is 1. The van der Waals surface area contributed by atoms with Crippen LogP contribution in [0.3, 0.4) is 0 Å². The maximum Gasteiger partial charge on any atom is 0.173 e. The molecule has 3 aromatic heterocycles. The van der Waals surface area contributed by atoms with Gasteiger partial charge in [-0.15, -0.1) is 0 Å². The molecule has 4 rings (SSSR count). The number of para-hydroxylation sites is 1. The predicted molar refractivity (Wildman–Crippen MR) is 78.6 cm³/mol. The van der Waals surface area contributed by atoms with Crippen molar-refractivity contribution in [3.05, 3.63) is 60.2 Å². The van der Waals surface area contributed by atoms with Gasteiger partial charge in [0.2, 0.25) is 0 Å². The Kier molecular flexibility index (Phi) is 2.53. The van der Waals surface area contributed by atoms with E-state index < -0.39 is 0 Å². The molecule has 102 valence electrons. The predicted octanol–water partition coefficient (Wildman–Crippen LogP) is 1.84. The van der Waals surface area contributed by atoms with Gasteiger partial charge in [-0.1, -0.05) is 24.3 Å². The molecular formula is C15H12N6. The van der Waals surface area contributed by atoms with Crippen molar-refractivity contribution in [1.29, 1.82) is 5.41 Å². The van der Waals surface area contributed by atoms with Crippen molar-refractivity contribution in [3.8, 4) is 0 Å². The average molecular weight is 276 g/mol. The van der Waals surface area contributed by atoms with Gasteiger partial charge in [0, 0.05) is 5.39 Å². The number of hydrogen-bond acceptors (Lipinski definition) is 4. The fraction of sp³-hybridized carbons (Fsp3) is 0.0667. The first-order valence-corrected chi connectivity index (χ1v) is 6.59. The number of benzene rings is 1. The van der Waals surface area contributed by atoms with Crippen LogP contribution >= 0.6 is 0 Å². The number of rotatable bonds is 2. The minimum atomic E-state index is 0.199. The summed E-state index contributed by atoms with van der Waals surface area (Å²) >= 11 is 0. The van der Waals surface area contributed by atoms with Crippen LogP contribution in [-0.4, -0.2) is 24.5 Å². The van der Waals surface area contributed by atoms with Crippen LogP contribution in [-0.2, 0) is 6.54 Å². The Labute approximate surface area is 119 Å². The second-order valence-electron chi connectivity index (χ2n) is 4.82. The van der Waals surface area contributed by atoms with E-state index in [0.717, 1.165) is 16.6 Å². The molecule has 4 aromatic rings. The summed E-state index contributed by atoms with van der Waals surface area (Å²) in [7, 11) is 0. The Morgan fingerprint density at radius 1 is 1.10 bits per heavy atom. The van der Waals surface area contributed by atoms with E-state index in [0.29, 0.717) is 17.7 Å². The van der Waals surface area contributed by atoms with Crippen LogP contribution in [0.4, 0.5) is 0 Å². The van der Waals surface area contributed by atoms with Gasteiger partial charge in [-0.25, -0.2) is 9.97 Å². The van der Waals surface area contributed by atoms with Gasteiger partial charge >= 0.3 is 0 Å². The second-order valence-corrected chi connectivity index (χ2v) is 4.82. The Morgan fingerprint density at radius 3 is 2.95 bits per heavy atom. The first kappa shape index (κ1) is 11.8. The van der Waals surface area contributed by atoms with Crippen LogP contribution in [0.2, 0.25) is 0 Å². The maximum atomic E-state index is 7.75. The number of fused-ring (bicyclic) bond motifs is 2. The summed E-state index contributed by atoms with van der Waals surface area (Å²) in [6.07, 6.45) is 3.21. The fourth-order valence-corrected chi connectivity index (χ4v) is 2.41. The number of nitrogens with one attached hydrogen (secondary N) is 2. The largest absolute Gasteiger partial charge is 0.340 e. The first-order valence-electron chi connectivity index (χ1n) is 6.59. The van der Waals surface area contributed by atoms with E-state index in [1.807, 2.05) is 34.9 Å². The Balaban J connectivity index is 1.81. The highest BCUT2D eigenvalue weighted by molar-refractivity contribution is 5.78. The lowest BCUT2D eigenvalue weighted by Crippen LogP contribution is -2.13. The van der Waals surface area contributed by atoms with Gasteiger partial charge in [0.1, 0.15) is 5.52 Å². The number of aromatic amines is 1. The molecular weight excluding hydrogens is 264 g/mol. The molecule has 0 atom stereocenters. The van der Waals surface area contributed by atoms with Gasteiger partial charge in [-0.2, -0.15) is 0 Å². The summed E-state index contributed by atoms with van der Waals surface area (Å²) in [6, 6.07) is 12.1. The molecule has 0 aliphatic heterocycles. The summed E-state index contributed by atoms with van der Waals surface area (Å²) in [5, 5.41) is 8.87. The van der Waals surface area contributed by atoms with Gasteiger partial charge in [-0.05, 0) is 12.1 Å². The monoisotopic (exact) mass is 276 g/mol. The molecule has 21 heavy (non-hydrogen) atoms. The van der Waals surface area contributed by atoms with Gasteiger partial charge in [0.25, 0.3) is 0 Å². The summed E-state index contributed by atoms with van der Waals surface area (Å²) in [5.41, 5.74) is 3.45. The molecule has 6 heteroatoms. The van der Waals surface area contributed by atoms with Crippen LogP contribution in [0, 0.1) is 5.41 Å². The third-order valence-corrected chi connectivity index (χ3v) is 3.44. The van der Waals surface area contributed by atoms with Gasteiger partial charge in [0.05, 0.1) is 30.4 Å². The van der Waals surface area contributed by atoms with E-state index in [4.69, 9.17) is 5.41 Å². The summed E-state index contributed by atoms with van der Waals surface area (Å²) < 4.78 is 1.89. The maximum absolute atomic E-state index is 7.75. The molecule has 0 saturated carbocycles. The molecule has 0 aliphatic rings. The smallest absolute Gasteiger partial charge is 0.173 e. The summed E-state index contributed by atoms with van der Waals surface area (Å²) in [6.45, 7) is 0.569. The molecule has 1 aromatic carbocycles. The zero-order chi connectivity index (χ0) is 14.2. The van der Waals surface area contributed by atoms with Gasteiger partial charge in [-0.3, -0.25) is 10.4 Å². The zero-order valence-corrected chi connectivity index (χ0v) is 11.1. The number of hydrogen-bond donors (Lipinski definition) is 2. The lowest BCUT2D eigenvalue weighted by molar-refractivity contribution is 0.766. The highest BCUT2D eigenvalue weighted by atomic mass is 15.1. The number of nitrogens with zero attached hydrogens (tertiary/aromatic N) is 4. The molecule has 3 heterocycles. The zero-order valence-electron chi connectivity index (χ0n) is 11.1. The molecule has 0 bridgehead atoms. The number of aromatic nitrogens is 5. The average Bonchev–Trinajstić information content (AvgIpc) is 3.01. The molecule has 0 spiro atoms. The molecule has 0 saturated heterocycles. The molecule has 0 fully saturated rings. The molecule has 2 N–H and O–H groups in total. The van der Waals surface area contributed by atoms with Gasteiger partial charge < -0.3 is 9.55 Å². The second kappa shape index (κ2) is 4.52. The van der Waals surface area contributed by atoms with Crippen molar-refractivity contribution in [2.75, 3.05) is 0 Å². The van der Waals surface area contributed by atoms with Crippen LogP contribution in [0.25, 0.3) is 22.1 Å². The lowest BCUT2D eigenvalue weighted by Gasteiger charge is -2.07. The summed E-state index contributed by atoms with van der Waals surface area (Å²) in [5.74, 6) is 0. The van der Waals surface area contributed by atoms with E-state index >= 15 is 0 Å². The summed E-state index contributed by atoms with van der Waals surface area (Å²) in [4.78, 5) is 15.9. The standard InChI is InChI=1S/C15H12N6/c16-14-13-15(18-8-17-13)21(9-19-14)7-11-6-5-10-3-1-2-4-12(10)20-11/h1-6,8-9,16H,7H2,(H,17,18). The van der Waals surface area contributed by atoms with Crippen LogP contribution in [0.15, 0.2) is 49.1 Å². The van der Waals surface area contributed by atoms with E-state index in [1.54, 1.807) is 12.7 Å². The fourth-order valence-electron chi connectivity index (χ4n) is 2.41. The normalized spacial score (nSPS) is 11.2. The minimum absolute atomic E-state index is 0.199. The van der Waals surface area contributed by atoms with Crippen LogP contribution in [0.1, 0.15) is 5.69 Å². The third-order valence-electron chi connectivity index (χ3n) is 3.44. The van der Waals surface area contributed by atoms with Gasteiger partial charge in [0.15, 0.2) is 11.1 Å². The quantitative estimate of drug-likeness (QED) is 0.586. The van der Waals surface area contributed by atoms with Crippen molar-refractivity contribution >= 4 is 22.1 Å². The van der Waals surface area contributed by atoms with Crippen LogP contribution in [0.5, 0.6) is 0 Å². The highest BCUT2D eigenvalue weighted by Crippen LogP contribution is 2.13. The third kappa shape index (κ3) is 1.97. The molecule has 6 nitrogen and oxygen atoms in total. The van der Waals surface area contributed by atoms with Crippen molar-refractivity contribution in [1.82, 2.24) is 24.5 Å². The topological polar surface area (TPSA) is 83.2 Å². The molecule has 0 aliphatic carbocycles. The molecule has 0 amide bonds. The first-order chi connectivity index (χ1) is 10.3. The van der Waals surface area contributed by atoms with E-state index in [-0.39, 0.29) is 5.49 Å². The van der Waals surface area contributed by atoms with E-state index in [1.165, 1.54) is 0 Å². The number of H-pyrrole nitrogens is 1. The minimum Gasteiger partial charge on any atom is -0.340 e. The van der Waals surface area contributed by atoms with Crippen molar-refractivity contribution in [2.45, 2.75) is 6.54 Å². The van der Waals surface area contributed by atoms with Crippen LogP contribution < -0.4 is 5.49 Å². The highest BCUT2D eigenvalue weighted by Gasteiger charge is 2.06. The van der Waals surface area contributed by atoms with E-state index in [9.17, 15) is 0 Å². The van der Waals surface area contributed by atoms with Crippen molar-refractivity contribution < 1.29 is 0 Å². The van der Waals surface area contributed by atoms with Crippen molar-refractivity contribution in [3.63, 3.8) is 0 Å². The molecule has 0 radical (unpaired) electrons. The lowest BCUT2D eigenvalue weighted by atomic mass is 10.2. The molecule has 0 unspecified atom stereocenters. The van der Waals surface area contributed by atoms with E-state index in [2.05, 4.69) is 26.0 Å². The SMILES string of the molecule is N=c1ncn(Cc2ccc3ccccc3n2)c2nc[nH]c12. The van der Waals surface area contributed by atoms with Crippen molar-refractivity contribution in [2.24, 2.45) is 0 Å². The Bertz CT molecular complexity index is 998. The Hall–Kier alpha value is -3.02. The Morgan fingerprint density at radius 2 is 2.00 bits per heavy atom.